The fourth-order valence-electron chi connectivity index (χ4n) is 2.55. The number of benzene rings is 1. The number of methoxy groups -OCH3 is 3. The Morgan fingerprint density at radius 3 is 2.20 bits per heavy atom. The lowest BCUT2D eigenvalue weighted by Crippen LogP contribution is -2.17. The maximum atomic E-state index is 5.54. The Morgan fingerprint density at radius 1 is 1.00 bits per heavy atom. The van der Waals surface area contributed by atoms with Crippen molar-refractivity contribution >= 4 is 5.57 Å². The largest absolute Gasteiger partial charge is 0.496 e. The number of likely N-dealkylation sites (N-methyl/N-ethyl adjacent to an activating group) is 1. The Morgan fingerprint density at radius 2 is 1.65 bits per heavy atom. The Balaban J connectivity index is 2.48. The molecule has 20 heavy (non-hydrogen) atoms. The summed E-state index contributed by atoms with van der Waals surface area (Å²) in [5, 5.41) is 0. The van der Waals surface area contributed by atoms with Crippen LogP contribution in [0.5, 0.6) is 17.2 Å². The van der Waals surface area contributed by atoms with Gasteiger partial charge in [-0.25, -0.2) is 0 Å². The average Bonchev–Trinajstić information content (AvgIpc) is 2.70. The van der Waals surface area contributed by atoms with Crippen LogP contribution in [0.25, 0.3) is 5.57 Å². The van der Waals surface area contributed by atoms with Gasteiger partial charge in [-0.05, 0) is 32.0 Å². The fraction of sp³-hybridized carbons (Fsp3) is 0.500. The molecule has 1 aliphatic rings. The van der Waals surface area contributed by atoms with Crippen molar-refractivity contribution in [2.75, 3.05) is 41.5 Å². The summed E-state index contributed by atoms with van der Waals surface area (Å²) in [6, 6.07) is 3.82. The molecule has 0 saturated carbocycles. The minimum atomic E-state index is 0.744. The summed E-state index contributed by atoms with van der Waals surface area (Å²) in [5.41, 5.74) is 2.33. The van der Waals surface area contributed by atoms with Crippen LogP contribution in [0.2, 0.25) is 0 Å². The predicted molar refractivity (Wildman–Crippen MR) is 80.8 cm³/mol. The molecule has 1 aromatic carbocycles. The van der Waals surface area contributed by atoms with E-state index in [0.29, 0.717) is 0 Å². The van der Waals surface area contributed by atoms with Crippen molar-refractivity contribution in [3.8, 4) is 17.2 Å². The summed E-state index contributed by atoms with van der Waals surface area (Å²) >= 11 is 0. The molecule has 0 unspecified atom stereocenters. The molecule has 4 heteroatoms. The Hall–Kier alpha value is -1.68. The minimum Gasteiger partial charge on any atom is -0.496 e. The van der Waals surface area contributed by atoms with Crippen molar-refractivity contribution in [3.63, 3.8) is 0 Å². The van der Waals surface area contributed by atoms with Gasteiger partial charge in [0, 0.05) is 18.7 Å². The summed E-state index contributed by atoms with van der Waals surface area (Å²) in [4.78, 5) is 2.31. The first-order valence-electron chi connectivity index (χ1n) is 6.87. The monoisotopic (exact) mass is 277 g/mol. The molecule has 1 aromatic rings. The number of hydrogen-bond donors (Lipinski definition) is 0. The Labute approximate surface area is 120 Å². The summed E-state index contributed by atoms with van der Waals surface area (Å²) in [7, 11) is 7.15. The normalized spacial score (nSPS) is 16.3. The van der Waals surface area contributed by atoms with Crippen LogP contribution in [0, 0.1) is 0 Å². The molecule has 110 valence electrons. The van der Waals surface area contributed by atoms with Crippen molar-refractivity contribution in [2.45, 2.75) is 12.8 Å². The van der Waals surface area contributed by atoms with Crippen LogP contribution >= 0.6 is 0 Å². The zero-order valence-corrected chi connectivity index (χ0v) is 12.7. The Kier molecular flexibility index (Phi) is 4.90. The standard InChI is InChI=1S/C16H23NO3/c1-17-8-5-6-12(7-9-17)16-14(19-3)10-13(18-2)11-15(16)20-4/h7,10-11H,5-6,8-9H2,1-4H3. The zero-order chi connectivity index (χ0) is 14.5. The topological polar surface area (TPSA) is 30.9 Å². The Bertz CT molecular complexity index is 471. The van der Waals surface area contributed by atoms with E-state index in [1.54, 1.807) is 21.3 Å². The third kappa shape index (κ3) is 3.07. The van der Waals surface area contributed by atoms with Crippen molar-refractivity contribution < 1.29 is 14.2 Å². The van der Waals surface area contributed by atoms with Crippen LogP contribution in [0.15, 0.2) is 18.2 Å². The molecule has 0 spiro atoms. The molecule has 0 N–H and O–H groups in total. The van der Waals surface area contributed by atoms with Gasteiger partial charge in [0.1, 0.15) is 17.2 Å². The highest BCUT2D eigenvalue weighted by Crippen LogP contribution is 2.40. The number of hydrogen-bond acceptors (Lipinski definition) is 4. The van der Waals surface area contributed by atoms with Gasteiger partial charge in [-0.3, -0.25) is 0 Å². The first kappa shape index (κ1) is 14.7. The van der Waals surface area contributed by atoms with Crippen LogP contribution in [0.1, 0.15) is 18.4 Å². The van der Waals surface area contributed by atoms with Crippen LogP contribution in [0.4, 0.5) is 0 Å². The summed E-state index contributed by atoms with van der Waals surface area (Å²) < 4.78 is 16.4. The van der Waals surface area contributed by atoms with Gasteiger partial charge in [-0.15, -0.1) is 0 Å². The van der Waals surface area contributed by atoms with Gasteiger partial charge >= 0.3 is 0 Å². The van der Waals surface area contributed by atoms with E-state index in [4.69, 9.17) is 14.2 Å². The minimum absolute atomic E-state index is 0.744. The van der Waals surface area contributed by atoms with E-state index in [-0.39, 0.29) is 0 Å². The number of rotatable bonds is 4. The molecular formula is C16H23NO3. The lowest BCUT2D eigenvalue weighted by molar-refractivity contribution is 0.372. The highest BCUT2D eigenvalue weighted by Gasteiger charge is 2.18. The quantitative estimate of drug-likeness (QED) is 0.847. The molecular weight excluding hydrogens is 254 g/mol. The lowest BCUT2D eigenvalue weighted by Gasteiger charge is -2.17. The van der Waals surface area contributed by atoms with Crippen molar-refractivity contribution in [1.82, 2.24) is 4.90 Å². The van der Waals surface area contributed by atoms with Crippen LogP contribution in [-0.2, 0) is 0 Å². The van der Waals surface area contributed by atoms with Crippen LogP contribution in [-0.4, -0.2) is 46.4 Å². The van der Waals surface area contributed by atoms with E-state index in [2.05, 4.69) is 18.0 Å². The fourth-order valence-corrected chi connectivity index (χ4v) is 2.55. The SMILES string of the molecule is COc1cc(OC)c(C2=CCN(C)CCC2)c(OC)c1. The third-order valence-corrected chi connectivity index (χ3v) is 3.67. The summed E-state index contributed by atoms with van der Waals surface area (Å²) in [5.74, 6) is 2.35. The molecule has 0 radical (unpaired) electrons. The second kappa shape index (κ2) is 6.66. The van der Waals surface area contributed by atoms with E-state index >= 15 is 0 Å². The van der Waals surface area contributed by atoms with E-state index in [0.717, 1.165) is 48.7 Å². The van der Waals surface area contributed by atoms with E-state index in [9.17, 15) is 0 Å². The van der Waals surface area contributed by atoms with Crippen molar-refractivity contribution in [3.05, 3.63) is 23.8 Å². The van der Waals surface area contributed by atoms with E-state index in [1.165, 1.54) is 5.57 Å². The molecule has 0 atom stereocenters. The van der Waals surface area contributed by atoms with Crippen LogP contribution < -0.4 is 14.2 Å². The van der Waals surface area contributed by atoms with Gasteiger partial charge in [-0.2, -0.15) is 0 Å². The predicted octanol–water partition coefficient (Wildman–Crippen LogP) is 2.82. The first-order valence-corrected chi connectivity index (χ1v) is 6.87. The highest BCUT2D eigenvalue weighted by molar-refractivity contribution is 5.77. The van der Waals surface area contributed by atoms with Crippen molar-refractivity contribution in [1.29, 1.82) is 0 Å². The number of nitrogens with zero attached hydrogens (tertiary/aromatic N) is 1. The van der Waals surface area contributed by atoms with Gasteiger partial charge in [0.05, 0.1) is 26.9 Å². The summed E-state index contributed by atoms with van der Waals surface area (Å²) in [6.07, 6.45) is 4.43. The number of allylic oxidation sites excluding steroid dienone is 1. The maximum Gasteiger partial charge on any atom is 0.133 e. The second-order valence-corrected chi connectivity index (χ2v) is 5.00. The second-order valence-electron chi connectivity index (χ2n) is 5.00. The third-order valence-electron chi connectivity index (χ3n) is 3.67. The van der Waals surface area contributed by atoms with Gasteiger partial charge < -0.3 is 19.1 Å². The molecule has 0 aliphatic carbocycles. The molecule has 1 aliphatic heterocycles. The molecule has 0 bridgehead atoms. The molecule has 1 heterocycles. The zero-order valence-electron chi connectivity index (χ0n) is 12.7. The molecule has 0 amide bonds. The molecule has 0 saturated heterocycles. The van der Waals surface area contributed by atoms with E-state index < -0.39 is 0 Å². The van der Waals surface area contributed by atoms with Crippen LogP contribution in [0.3, 0.4) is 0 Å². The average molecular weight is 277 g/mol. The highest BCUT2D eigenvalue weighted by atomic mass is 16.5. The smallest absolute Gasteiger partial charge is 0.133 e. The molecule has 0 aromatic heterocycles. The van der Waals surface area contributed by atoms with Gasteiger partial charge in [0.25, 0.3) is 0 Å². The lowest BCUT2D eigenvalue weighted by atomic mass is 9.99. The number of ether oxygens (including phenoxy) is 3. The van der Waals surface area contributed by atoms with E-state index in [1.807, 2.05) is 12.1 Å². The molecule has 2 rings (SSSR count). The van der Waals surface area contributed by atoms with Crippen molar-refractivity contribution in [2.24, 2.45) is 0 Å². The van der Waals surface area contributed by atoms with Gasteiger partial charge in [0.15, 0.2) is 0 Å². The molecule has 0 fully saturated rings. The molecule has 4 nitrogen and oxygen atoms in total. The maximum absolute atomic E-state index is 5.54. The first-order chi connectivity index (χ1) is 9.69. The van der Waals surface area contributed by atoms with Gasteiger partial charge in [0.2, 0.25) is 0 Å². The van der Waals surface area contributed by atoms with Gasteiger partial charge in [-0.1, -0.05) is 6.08 Å². The summed E-state index contributed by atoms with van der Waals surface area (Å²) in [6.45, 7) is 2.06.